The van der Waals surface area contributed by atoms with E-state index in [1.807, 2.05) is 0 Å². The molecule has 0 bridgehead atoms. The molecule has 2 N–H and O–H groups in total. The van der Waals surface area contributed by atoms with Crippen LogP contribution in [0.3, 0.4) is 0 Å². The average molecular weight is 292 g/mol. The van der Waals surface area contributed by atoms with Crippen molar-refractivity contribution in [1.29, 1.82) is 0 Å². The topological polar surface area (TPSA) is 56.3 Å². The first-order valence-corrected chi connectivity index (χ1v) is 7.28. The fourth-order valence-electron chi connectivity index (χ4n) is 2.40. The number of aliphatic hydroxyl groups is 1. The summed E-state index contributed by atoms with van der Waals surface area (Å²) in [5.41, 5.74) is 1.32. The summed E-state index contributed by atoms with van der Waals surface area (Å²) in [6.45, 7) is 4.66. The van der Waals surface area contributed by atoms with Gasteiger partial charge in [-0.3, -0.25) is 9.69 Å². The molecule has 2 aromatic rings. The van der Waals surface area contributed by atoms with Gasteiger partial charge in [-0.15, -0.1) is 0 Å². The van der Waals surface area contributed by atoms with Crippen LogP contribution in [0.4, 0.5) is 4.39 Å². The minimum atomic E-state index is -0.403. The number of pyridine rings is 1. The van der Waals surface area contributed by atoms with Gasteiger partial charge in [0.15, 0.2) is 5.43 Å². The molecular weight excluding hydrogens is 271 g/mol. The van der Waals surface area contributed by atoms with Crippen molar-refractivity contribution in [2.24, 2.45) is 0 Å². The predicted molar refractivity (Wildman–Crippen MR) is 81.8 cm³/mol. The van der Waals surface area contributed by atoms with Gasteiger partial charge in [0.05, 0.1) is 0 Å². The van der Waals surface area contributed by atoms with Crippen LogP contribution in [-0.4, -0.2) is 34.7 Å². The molecule has 114 valence electrons. The lowest BCUT2D eigenvalue weighted by Crippen LogP contribution is -2.25. The number of nitrogens with zero attached hydrogens (tertiary/aromatic N) is 1. The lowest BCUT2D eigenvalue weighted by Gasteiger charge is -2.20. The van der Waals surface area contributed by atoms with Gasteiger partial charge >= 0.3 is 0 Å². The zero-order valence-electron chi connectivity index (χ0n) is 12.2. The summed E-state index contributed by atoms with van der Waals surface area (Å²) in [6.07, 6.45) is 1.71. The Bertz CT molecular complexity index is 654. The SMILES string of the molecule is CCN(CCCCO)Cc1cc(=O)c2cc(F)ccc2[nH]1. The molecule has 0 unspecified atom stereocenters. The van der Waals surface area contributed by atoms with Crippen LogP contribution in [0.1, 0.15) is 25.5 Å². The van der Waals surface area contributed by atoms with Crippen molar-refractivity contribution in [1.82, 2.24) is 9.88 Å². The Morgan fingerprint density at radius 2 is 2.10 bits per heavy atom. The largest absolute Gasteiger partial charge is 0.396 e. The first-order chi connectivity index (χ1) is 10.1. The molecule has 0 aliphatic carbocycles. The monoisotopic (exact) mass is 292 g/mol. The van der Waals surface area contributed by atoms with Gasteiger partial charge in [-0.1, -0.05) is 6.92 Å². The van der Waals surface area contributed by atoms with Gasteiger partial charge in [0.2, 0.25) is 0 Å². The van der Waals surface area contributed by atoms with Crippen LogP contribution in [0, 0.1) is 5.82 Å². The number of H-pyrrole nitrogens is 1. The van der Waals surface area contributed by atoms with E-state index in [1.165, 1.54) is 18.2 Å². The molecular formula is C16H21FN2O2. The number of aliphatic hydroxyl groups excluding tert-OH is 1. The Hall–Kier alpha value is -1.72. The number of aromatic nitrogens is 1. The number of benzene rings is 1. The van der Waals surface area contributed by atoms with Crippen molar-refractivity contribution in [3.05, 3.63) is 46.0 Å². The molecule has 21 heavy (non-hydrogen) atoms. The summed E-state index contributed by atoms with van der Waals surface area (Å²) in [6, 6.07) is 5.74. The molecule has 1 aromatic heterocycles. The molecule has 2 rings (SSSR count). The molecule has 5 heteroatoms. The van der Waals surface area contributed by atoms with E-state index in [2.05, 4.69) is 16.8 Å². The number of hydrogen-bond donors (Lipinski definition) is 2. The molecule has 0 saturated heterocycles. The van der Waals surface area contributed by atoms with E-state index < -0.39 is 5.82 Å². The quantitative estimate of drug-likeness (QED) is 0.770. The summed E-state index contributed by atoms with van der Waals surface area (Å²) < 4.78 is 13.2. The lowest BCUT2D eigenvalue weighted by atomic mass is 10.2. The normalized spacial score (nSPS) is 11.4. The Morgan fingerprint density at radius 1 is 1.29 bits per heavy atom. The highest BCUT2D eigenvalue weighted by Crippen LogP contribution is 2.11. The van der Waals surface area contributed by atoms with Gasteiger partial charge < -0.3 is 10.1 Å². The summed E-state index contributed by atoms with van der Waals surface area (Å²) >= 11 is 0. The van der Waals surface area contributed by atoms with E-state index >= 15 is 0 Å². The molecule has 0 saturated carbocycles. The average Bonchev–Trinajstić information content (AvgIpc) is 2.47. The molecule has 0 aliphatic rings. The first-order valence-electron chi connectivity index (χ1n) is 7.28. The van der Waals surface area contributed by atoms with Crippen molar-refractivity contribution in [3.8, 4) is 0 Å². The van der Waals surface area contributed by atoms with E-state index in [0.29, 0.717) is 17.4 Å². The van der Waals surface area contributed by atoms with E-state index in [1.54, 1.807) is 6.07 Å². The molecule has 1 aromatic carbocycles. The molecule has 0 amide bonds. The van der Waals surface area contributed by atoms with Crippen molar-refractivity contribution >= 4 is 10.9 Å². The Kier molecular flexibility index (Phi) is 5.47. The second-order valence-electron chi connectivity index (χ2n) is 5.15. The molecule has 0 fully saturated rings. The van der Waals surface area contributed by atoms with Crippen LogP contribution >= 0.6 is 0 Å². The Morgan fingerprint density at radius 3 is 2.81 bits per heavy atom. The van der Waals surface area contributed by atoms with Crippen LogP contribution in [0.25, 0.3) is 10.9 Å². The second-order valence-corrected chi connectivity index (χ2v) is 5.15. The van der Waals surface area contributed by atoms with E-state index in [0.717, 1.165) is 31.6 Å². The Balaban J connectivity index is 2.18. The summed E-state index contributed by atoms with van der Waals surface area (Å²) in [7, 11) is 0. The highest BCUT2D eigenvalue weighted by Gasteiger charge is 2.07. The fourth-order valence-corrected chi connectivity index (χ4v) is 2.40. The van der Waals surface area contributed by atoms with E-state index in [-0.39, 0.29) is 12.0 Å². The van der Waals surface area contributed by atoms with Crippen molar-refractivity contribution in [2.75, 3.05) is 19.7 Å². The zero-order valence-corrected chi connectivity index (χ0v) is 12.2. The maximum Gasteiger partial charge on any atom is 0.189 e. The minimum Gasteiger partial charge on any atom is -0.396 e. The highest BCUT2D eigenvalue weighted by molar-refractivity contribution is 5.78. The maximum atomic E-state index is 13.2. The molecule has 0 aliphatic heterocycles. The van der Waals surface area contributed by atoms with Gasteiger partial charge in [0.25, 0.3) is 0 Å². The van der Waals surface area contributed by atoms with Gasteiger partial charge in [0, 0.05) is 35.8 Å². The number of rotatable bonds is 7. The fraction of sp³-hybridized carbons (Fsp3) is 0.438. The van der Waals surface area contributed by atoms with Crippen LogP contribution in [0.15, 0.2) is 29.1 Å². The van der Waals surface area contributed by atoms with Gasteiger partial charge in [-0.2, -0.15) is 0 Å². The smallest absolute Gasteiger partial charge is 0.189 e. The summed E-state index contributed by atoms with van der Waals surface area (Å²) in [5.74, 6) is -0.403. The zero-order chi connectivity index (χ0) is 15.2. The minimum absolute atomic E-state index is 0.162. The van der Waals surface area contributed by atoms with Gasteiger partial charge in [-0.25, -0.2) is 4.39 Å². The van der Waals surface area contributed by atoms with Gasteiger partial charge in [0.1, 0.15) is 5.82 Å². The number of hydrogen-bond acceptors (Lipinski definition) is 3. The molecule has 0 atom stereocenters. The van der Waals surface area contributed by atoms with Crippen molar-refractivity contribution < 1.29 is 9.50 Å². The first kappa shape index (κ1) is 15.7. The molecule has 0 radical (unpaired) electrons. The van der Waals surface area contributed by atoms with Crippen LogP contribution in [0.5, 0.6) is 0 Å². The third-order valence-corrected chi connectivity index (χ3v) is 3.57. The van der Waals surface area contributed by atoms with Gasteiger partial charge in [-0.05, 0) is 44.1 Å². The van der Waals surface area contributed by atoms with Crippen molar-refractivity contribution in [3.63, 3.8) is 0 Å². The third-order valence-electron chi connectivity index (χ3n) is 3.57. The van der Waals surface area contributed by atoms with Crippen LogP contribution in [0.2, 0.25) is 0 Å². The maximum absolute atomic E-state index is 13.2. The second kappa shape index (κ2) is 7.33. The highest BCUT2D eigenvalue weighted by atomic mass is 19.1. The number of aromatic amines is 1. The van der Waals surface area contributed by atoms with Crippen LogP contribution in [-0.2, 0) is 6.54 Å². The number of halogens is 1. The third kappa shape index (κ3) is 4.12. The van der Waals surface area contributed by atoms with E-state index in [4.69, 9.17) is 5.11 Å². The molecule has 1 heterocycles. The molecule has 0 spiro atoms. The summed E-state index contributed by atoms with van der Waals surface area (Å²) in [4.78, 5) is 17.4. The van der Waals surface area contributed by atoms with E-state index in [9.17, 15) is 9.18 Å². The number of fused-ring (bicyclic) bond motifs is 1. The standard InChI is InChI=1S/C16H21FN2O2/c1-2-19(7-3-4-8-20)11-13-10-16(21)14-9-12(17)5-6-15(14)18-13/h5-6,9-10,20H,2-4,7-8,11H2,1H3,(H,18,21). The predicted octanol–water partition coefficient (Wildman–Crippen LogP) is 2.26. The number of nitrogens with one attached hydrogen (secondary N) is 1. The number of unbranched alkanes of at least 4 members (excludes halogenated alkanes) is 1. The Labute approximate surface area is 123 Å². The van der Waals surface area contributed by atoms with Crippen molar-refractivity contribution in [2.45, 2.75) is 26.3 Å². The lowest BCUT2D eigenvalue weighted by molar-refractivity contribution is 0.242. The summed E-state index contributed by atoms with van der Waals surface area (Å²) in [5, 5.41) is 9.20. The van der Waals surface area contributed by atoms with Crippen LogP contribution < -0.4 is 5.43 Å². The molecule has 4 nitrogen and oxygen atoms in total.